The van der Waals surface area contributed by atoms with Crippen LogP contribution in [0.1, 0.15) is 59.8 Å². The fourth-order valence-corrected chi connectivity index (χ4v) is 4.20. The number of carbonyl (C=O) groups excluding carboxylic acids is 1. The molecular weight excluding hydrogens is 244 g/mol. The van der Waals surface area contributed by atoms with Gasteiger partial charge in [-0.05, 0) is 31.6 Å². The first-order chi connectivity index (χ1) is 8.65. The van der Waals surface area contributed by atoms with Crippen LogP contribution in [0, 0.1) is 10.8 Å². The molecule has 0 aromatic carbocycles. The number of carbonyl (C=O) groups is 1. The minimum absolute atomic E-state index is 0.118. The number of ether oxygens (including phenoxy) is 1. The molecule has 2 N–H and O–H groups in total. The number of ketones is 1. The van der Waals surface area contributed by atoms with E-state index in [9.17, 15) is 15.0 Å². The number of Topliss-reactive ketones (excluding diaryl/α,β-unsaturated/α-hetero) is 1. The van der Waals surface area contributed by atoms with Gasteiger partial charge in [0.25, 0.3) is 0 Å². The lowest BCUT2D eigenvalue weighted by atomic mass is 9.52. The summed E-state index contributed by atoms with van der Waals surface area (Å²) < 4.78 is 5.65. The average molecular weight is 270 g/mol. The Labute approximate surface area is 115 Å². The van der Waals surface area contributed by atoms with E-state index < -0.39 is 17.3 Å². The molecule has 0 spiro atoms. The van der Waals surface area contributed by atoms with Gasteiger partial charge in [0.05, 0.1) is 6.10 Å². The number of rotatable bonds is 3. The molecule has 1 saturated carbocycles. The first-order valence-electron chi connectivity index (χ1n) is 7.20. The van der Waals surface area contributed by atoms with Crippen molar-refractivity contribution in [1.29, 1.82) is 0 Å². The maximum absolute atomic E-state index is 11.2. The lowest BCUT2D eigenvalue weighted by Gasteiger charge is -2.54. The van der Waals surface area contributed by atoms with E-state index in [0.717, 1.165) is 19.3 Å². The Hall–Kier alpha value is -0.450. The topological polar surface area (TPSA) is 66.8 Å². The summed E-state index contributed by atoms with van der Waals surface area (Å²) in [6.45, 7) is 7.54. The van der Waals surface area contributed by atoms with Crippen molar-refractivity contribution in [1.82, 2.24) is 0 Å². The molecular formula is C15H26O4. The summed E-state index contributed by atoms with van der Waals surface area (Å²) in [6.07, 6.45) is 2.30. The van der Waals surface area contributed by atoms with Crippen molar-refractivity contribution in [2.45, 2.75) is 77.8 Å². The van der Waals surface area contributed by atoms with Crippen molar-refractivity contribution in [3.8, 4) is 0 Å². The monoisotopic (exact) mass is 270 g/mol. The van der Waals surface area contributed by atoms with Gasteiger partial charge in [0.1, 0.15) is 11.4 Å². The zero-order valence-corrected chi connectivity index (χ0v) is 12.4. The molecule has 1 saturated heterocycles. The van der Waals surface area contributed by atoms with Gasteiger partial charge in [0, 0.05) is 11.8 Å². The fourth-order valence-electron chi connectivity index (χ4n) is 4.20. The molecule has 0 radical (unpaired) electrons. The van der Waals surface area contributed by atoms with Crippen LogP contribution in [0.25, 0.3) is 0 Å². The lowest BCUT2D eigenvalue weighted by molar-refractivity contribution is -0.238. The molecule has 0 aromatic rings. The summed E-state index contributed by atoms with van der Waals surface area (Å²) in [7, 11) is 0. The summed E-state index contributed by atoms with van der Waals surface area (Å²) in [4.78, 5) is 11.2. The van der Waals surface area contributed by atoms with Gasteiger partial charge in [-0.1, -0.05) is 27.2 Å². The van der Waals surface area contributed by atoms with Crippen LogP contribution in [-0.4, -0.2) is 34.0 Å². The van der Waals surface area contributed by atoms with E-state index in [1.54, 1.807) is 6.92 Å². The van der Waals surface area contributed by atoms with E-state index >= 15 is 0 Å². The van der Waals surface area contributed by atoms with E-state index in [1.807, 2.05) is 20.8 Å². The Morgan fingerprint density at radius 1 is 1.32 bits per heavy atom. The van der Waals surface area contributed by atoms with Crippen molar-refractivity contribution in [2.75, 3.05) is 0 Å². The third-order valence-corrected chi connectivity index (χ3v) is 5.52. The quantitative estimate of drug-likeness (QED) is 0.823. The van der Waals surface area contributed by atoms with Gasteiger partial charge in [-0.2, -0.15) is 0 Å². The van der Waals surface area contributed by atoms with Gasteiger partial charge in [-0.25, -0.2) is 0 Å². The average Bonchev–Trinajstić information content (AvgIpc) is 2.49. The number of aliphatic hydroxyl groups excluding tert-OH is 1. The van der Waals surface area contributed by atoms with E-state index in [-0.39, 0.29) is 17.3 Å². The molecule has 4 unspecified atom stereocenters. The third kappa shape index (κ3) is 1.96. The second-order valence-corrected chi connectivity index (χ2v) is 7.14. The highest BCUT2D eigenvalue weighted by Gasteiger charge is 2.69. The molecule has 4 atom stereocenters. The molecule has 4 nitrogen and oxygen atoms in total. The first kappa shape index (κ1) is 14.9. The Bertz CT molecular complexity index is 378. The van der Waals surface area contributed by atoms with Crippen molar-refractivity contribution >= 4 is 5.78 Å². The Morgan fingerprint density at radius 2 is 1.95 bits per heavy atom. The maximum atomic E-state index is 11.2. The number of fused-ring (bicyclic) bond motifs is 1. The van der Waals surface area contributed by atoms with Gasteiger partial charge in [-0.15, -0.1) is 0 Å². The lowest BCUT2D eigenvalue weighted by Crippen LogP contribution is -2.63. The number of aliphatic hydroxyl groups is 2. The fraction of sp³-hybridized carbons (Fsp3) is 0.933. The molecule has 110 valence electrons. The highest BCUT2D eigenvalue weighted by molar-refractivity contribution is 5.75. The molecule has 0 amide bonds. The largest absolute Gasteiger partial charge is 0.383 e. The van der Waals surface area contributed by atoms with Crippen molar-refractivity contribution in [3.05, 3.63) is 0 Å². The van der Waals surface area contributed by atoms with E-state index in [1.165, 1.54) is 0 Å². The molecule has 1 aliphatic heterocycles. The van der Waals surface area contributed by atoms with Crippen LogP contribution in [0.4, 0.5) is 0 Å². The first-order valence-corrected chi connectivity index (χ1v) is 7.20. The molecule has 2 rings (SSSR count). The molecule has 19 heavy (non-hydrogen) atoms. The molecule has 2 aliphatic rings. The molecule has 2 fully saturated rings. The molecule has 4 heteroatoms. The molecule has 0 aromatic heterocycles. The van der Waals surface area contributed by atoms with Crippen LogP contribution < -0.4 is 0 Å². The maximum Gasteiger partial charge on any atom is 0.185 e. The van der Waals surface area contributed by atoms with Gasteiger partial charge >= 0.3 is 0 Å². The standard InChI is InChI=1S/C15H26O4/c1-10(16)6-7-11-14(4)9-5-8-13(2,3)15(14,18)12(17)19-11/h11-12,17-18H,5-9H2,1-4H3. The van der Waals surface area contributed by atoms with Crippen molar-refractivity contribution in [3.63, 3.8) is 0 Å². The zero-order valence-electron chi connectivity index (χ0n) is 12.4. The molecule has 1 aliphatic carbocycles. The summed E-state index contributed by atoms with van der Waals surface area (Å²) in [6, 6.07) is 0. The molecule has 0 bridgehead atoms. The van der Waals surface area contributed by atoms with Crippen molar-refractivity contribution < 1.29 is 19.7 Å². The predicted octanol–water partition coefficient (Wildman–Crippen LogP) is 2.02. The van der Waals surface area contributed by atoms with Crippen LogP contribution in [-0.2, 0) is 9.53 Å². The summed E-state index contributed by atoms with van der Waals surface area (Å²) in [5.74, 6) is 0.118. The SMILES string of the molecule is CC(=O)CCC1OC(O)C2(O)C(C)(C)CCCC12C. The predicted molar refractivity (Wildman–Crippen MR) is 71.5 cm³/mol. The van der Waals surface area contributed by atoms with E-state index in [4.69, 9.17) is 4.74 Å². The van der Waals surface area contributed by atoms with Gasteiger partial charge in [0.2, 0.25) is 0 Å². The minimum atomic E-state index is -1.24. The Balaban J connectivity index is 2.31. The summed E-state index contributed by atoms with van der Waals surface area (Å²) >= 11 is 0. The van der Waals surface area contributed by atoms with Gasteiger partial charge in [0.15, 0.2) is 6.29 Å². The van der Waals surface area contributed by atoms with Crippen LogP contribution in [0.3, 0.4) is 0 Å². The van der Waals surface area contributed by atoms with Crippen LogP contribution >= 0.6 is 0 Å². The third-order valence-electron chi connectivity index (χ3n) is 5.52. The minimum Gasteiger partial charge on any atom is -0.383 e. The van der Waals surface area contributed by atoms with Crippen LogP contribution in [0.15, 0.2) is 0 Å². The second-order valence-electron chi connectivity index (χ2n) is 7.14. The second kappa shape index (κ2) is 4.54. The Morgan fingerprint density at radius 3 is 2.53 bits per heavy atom. The Kier molecular flexibility index (Phi) is 3.57. The van der Waals surface area contributed by atoms with Crippen molar-refractivity contribution in [2.24, 2.45) is 10.8 Å². The van der Waals surface area contributed by atoms with E-state index in [2.05, 4.69) is 0 Å². The number of hydrogen-bond donors (Lipinski definition) is 2. The highest BCUT2D eigenvalue weighted by atomic mass is 16.6. The van der Waals surface area contributed by atoms with Gasteiger partial charge < -0.3 is 19.7 Å². The summed E-state index contributed by atoms with van der Waals surface area (Å²) in [5.41, 5.74) is -2.10. The molecule has 1 heterocycles. The zero-order chi connectivity index (χ0) is 14.5. The smallest absolute Gasteiger partial charge is 0.185 e. The van der Waals surface area contributed by atoms with Gasteiger partial charge in [-0.3, -0.25) is 0 Å². The van der Waals surface area contributed by atoms with Crippen LogP contribution in [0.2, 0.25) is 0 Å². The highest BCUT2D eigenvalue weighted by Crippen LogP contribution is 2.62. The number of hydrogen-bond acceptors (Lipinski definition) is 4. The van der Waals surface area contributed by atoms with Crippen LogP contribution in [0.5, 0.6) is 0 Å². The van der Waals surface area contributed by atoms with E-state index in [0.29, 0.717) is 12.8 Å². The summed E-state index contributed by atoms with van der Waals surface area (Å²) in [5, 5.41) is 21.4. The normalized spacial score (nSPS) is 44.9.